The van der Waals surface area contributed by atoms with E-state index in [1.54, 1.807) is 18.2 Å². The van der Waals surface area contributed by atoms with Crippen molar-refractivity contribution in [3.63, 3.8) is 0 Å². The fourth-order valence-corrected chi connectivity index (χ4v) is 2.18. The van der Waals surface area contributed by atoms with Crippen molar-refractivity contribution in [2.45, 2.75) is 31.9 Å². The number of amides is 1. The van der Waals surface area contributed by atoms with Gasteiger partial charge in [-0.15, -0.1) is 0 Å². The van der Waals surface area contributed by atoms with Gasteiger partial charge in [-0.2, -0.15) is 0 Å². The maximum absolute atomic E-state index is 11.8. The summed E-state index contributed by atoms with van der Waals surface area (Å²) in [7, 11) is 0. The predicted molar refractivity (Wildman–Crippen MR) is 75.0 cm³/mol. The van der Waals surface area contributed by atoms with Crippen LogP contribution in [0.4, 0.5) is 0 Å². The summed E-state index contributed by atoms with van der Waals surface area (Å²) in [5.41, 5.74) is 0.860. The molecule has 1 aliphatic rings. The molecule has 1 fully saturated rings. The van der Waals surface area contributed by atoms with E-state index in [9.17, 15) is 9.59 Å². The fourth-order valence-electron chi connectivity index (χ4n) is 2.18. The minimum Gasteiger partial charge on any atom is -0.482 e. The Bertz CT molecular complexity index is 497. The summed E-state index contributed by atoms with van der Waals surface area (Å²) < 4.78 is 10.5. The zero-order valence-corrected chi connectivity index (χ0v) is 11.7. The van der Waals surface area contributed by atoms with Crippen LogP contribution in [0.1, 0.15) is 24.8 Å². The van der Waals surface area contributed by atoms with Gasteiger partial charge in [-0.05, 0) is 30.5 Å². The number of carboxylic acids is 1. The molecule has 1 saturated heterocycles. The Hall–Kier alpha value is -2.08. The molecule has 1 unspecified atom stereocenters. The molecule has 0 spiro atoms. The lowest BCUT2D eigenvalue weighted by Gasteiger charge is -2.10. The standard InChI is InChI=1S/C15H19NO5/c17-14(8-13-5-2-6-20-13)16-9-11-3-1-4-12(7-11)21-10-15(18)19/h1,3-4,7,13H,2,5-6,8-10H2,(H,16,17)(H,18,19). The van der Waals surface area contributed by atoms with Gasteiger partial charge in [0.15, 0.2) is 6.61 Å². The molecule has 0 bridgehead atoms. The molecule has 1 amide bonds. The van der Waals surface area contributed by atoms with Crippen molar-refractivity contribution in [1.29, 1.82) is 0 Å². The number of nitrogens with one attached hydrogen (secondary N) is 1. The monoisotopic (exact) mass is 293 g/mol. The first-order valence-corrected chi connectivity index (χ1v) is 6.95. The van der Waals surface area contributed by atoms with E-state index in [2.05, 4.69) is 5.32 Å². The molecular weight excluding hydrogens is 274 g/mol. The average Bonchev–Trinajstić information content (AvgIpc) is 2.96. The summed E-state index contributed by atoms with van der Waals surface area (Å²) in [5.74, 6) is -0.590. The second-order valence-corrected chi connectivity index (χ2v) is 4.95. The van der Waals surface area contributed by atoms with Gasteiger partial charge in [-0.1, -0.05) is 12.1 Å². The number of rotatable bonds is 7. The molecule has 1 heterocycles. The number of hydrogen-bond acceptors (Lipinski definition) is 4. The highest BCUT2D eigenvalue weighted by molar-refractivity contribution is 5.76. The van der Waals surface area contributed by atoms with Crippen molar-refractivity contribution in [2.24, 2.45) is 0 Å². The highest BCUT2D eigenvalue weighted by atomic mass is 16.5. The number of carboxylic acid groups (broad SMARTS) is 1. The third-order valence-corrected chi connectivity index (χ3v) is 3.19. The zero-order chi connectivity index (χ0) is 15.1. The Balaban J connectivity index is 1.77. The van der Waals surface area contributed by atoms with Crippen LogP contribution < -0.4 is 10.1 Å². The van der Waals surface area contributed by atoms with E-state index < -0.39 is 5.97 Å². The maximum atomic E-state index is 11.8. The summed E-state index contributed by atoms with van der Waals surface area (Å²) in [6.07, 6.45) is 2.37. The number of benzene rings is 1. The lowest BCUT2D eigenvalue weighted by Crippen LogP contribution is -2.26. The van der Waals surface area contributed by atoms with E-state index in [1.807, 2.05) is 6.07 Å². The zero-order valence-electron chi connectivity index (χ0n) is 11.7. The molecule has 21 heavy (non-hydrogen) atoms. The van der Waals surface area contributed by atoms with E-state index in [0.717, 1.165) is 25.0 Å². The van der Waals surface area contributed by atoms with Crippen LogP contribution in [0.5, 0.6) is 5.75 Å². The van der Waals surface area contributed by atoms with Crippen molar-refractivity contribution >= 4 is 11.9 Å². The van der Waals surface area contributed by atoms with E-state index in [1.165, 1.54) is 0 Å². The van der Waals surface area contributed by atoms with Crippen molar-refractivity contribution < 1.29 is 24.2 Å². The summed E-state index contributed by atoms with van der Waals surface area (Å²) in [5, 5.41) is 11.4. The number of ether oxygens (including phenoxy) is 2. The van der Waals surface area contributed by atoms with Crippen molar-refractivity contribution in [3.05, 3.63) is 29.8 Å². The molecule has 1 aromatic carbocycles. The molecule has 0 radical (unpaired) electrons. The summed E-state index contributed by atoms with van der Waals surface area (Å²) in [6, 6.07) is 7.01. The minimum atomic E-state index is -1.02. The van der Waals surface area contributed by atoms with Crippen LogP contribution >= 0.6 is 0 Å². The Morgan fingerprint density at radius 2 is 2.29 bits per heavy atom. The van der Waals surface area contributed by atoms with E-state index in [-0.39, 0.29) is 18.6 Å². The van der Waals surface area contributed by atoms with Gasteiger partial charge in [-0.25, -0.2) is 4.79 Å². The van der Waals surface area contributed by atoms with Crippen LogP contribution in [0.25, 0.3) is 0 Å². The van der Waals surface area contributed by atoms with E-state index >= 15 is 0 Å². The van der Waals surface area contributed by atoms with Crippen LogP contribution in [0.3, 0.4) is 0 Å². The van der Waals surface area contributed by atoms with Gasteiger partial charge in [0.05, 0.1) is 12.5 Å². The highest BCUT2D eigenvalue weighted by Gasteiger charge is 2.18. The number of carbonyl (C=O) groups is 2. The predicted octanol–water partition coefficient (Wildman–Crippen LogP) is 1.34. The molecule has 1 aliphatic heterocycles. The van der Waals surface area contributed by atoms with Crippen LogP contribution in [0, 0.1) is 0 Å². The molecule has 6 heteroatoms. The molecule has 0 aliphatic carbocycles. The molecule has 114 valence electrons. The SMILES string of the molecule is O=C(O)COc1cccc(CNC(=O)CC2CCCO2)c1. The molecule has 1 atom stereocenters. The largest absolute Gasteiger partial charge is 0.482 e. The number of carbonyl (C=O) groups excluding carboxylic acids is 1. The third-order valence-electron chi connectivity index (χ3n) is 3.19. The molecular formula is C15H19NO5. The first-order valence-electron chi connectivity index (χ1n) is 6.95. The first kappa shape index (κ1) is 15.3. The summed E-state index contributed by atoms with van der Waals surface area (Å²) in [4.78, 5) is 22.2. The Morgan fingerprint density at radius 1 is 1.43 bits per heavy atom. The third kappa shape index (κ3) is 5.43. The van der Waals surface area contributed by atoms with Crippen molar-refractivity contribution in [2.75, 3.05) is 13.2 Å². The quantitative estimate of drug-likeness (QED) is 0.792. The van der Waals surface area contributed by atoms with Gasteiger partial charge in [-0.3, -0.25) is 4.79 Å². The number of aliphatic carboxylic acids is 1. The average molecular weight is 293 g/mol. The minimum absolute atomic E-state index is 0.0373. The Labute approximate surface area is 123 Å². The molecule has 0 saturated carbocycles. The molecule has 6 nitrogen and oxygen atoms in total. The van der Waals surface area contributed by atoms with Gasteiger partial charge in [0.1, 0.15) is 5.75 Å². The van der Waals surface area contributed by atoms with Gasteiger partial charge >= 0.3 is 5.97 Å². The molecule has 2 N–H and O–H groups in total. The van der Waals surface area contributed by atoms with E-state index in [4.69, 9.17) is 14.6 Å². The highest BCUT2D eigenvalue weighted by Crippen LogP contribution is 2.16. The molecule has 0 aromatic heterocycles. The smallest absolute Gasteiger partial charge is 0.341 e. The van der Waals surface area contributed by atoms with Gasteiger partial charge in [0, 0.05) is 13.2 Å². The molecule has 1 aromatic rings. The molecule has 2 rings (SSSR count). The maximum Gasteiger partial charge on any atom is 0.341 e. The van der Waals surface area contributed by atoms with Gasteiger partial charge < -0.3 is 19.9 Å². The van der Waals surface area contributed by atoms with Crippen molar-refractivity contribution in [3.8, 4) is 5.75 Å². The topological polar surface area (TPSA) is 84.9 Å². The van der Waals surface area contributed by atoms with Crippen LogP contribution in [-0.2, 0) is 20.9 Å². The normalized spacial score (nSPS) is 17.4. The fraction of sp³-hybridized carbons (Fsp3) is 0.467. The second kappa shape index (κ2) is 7.64. The van der Waals surface area contributed by atoms with Gasteiger partial charge in [0.2, 0.25) is 5.91 Å². The lowest BCUT2D eigenvalue weighted by atomic mass is 10.1. The first-order chi connectivity index (χ1) is 10.1. The van der Waals surface area contributed by atoms with Gasteiger partial charge in [0.25, 0.3) is 0 Å². The van der Waals surface area contributed by atoms with Crippen LogP contribution in [0.15, 0.2) is 24.3 Å². The van der Waals surface area contributed by atoms with Crippen LogP contribution in [0.2, 0.25) is 0 Å². The second-order valence-electron chi connectivity index (χ2n) is 4.95. The Kier molecular flexibility index (Phi) is 5.57. The summed E-state index contributed by atoms with van der Waals surface area (Å²) in [6.45, 7) is 0.742. The number of hydrogen-bond donors (Lipinski definition) is 2. The van der Waals surface area contributed by atoms with Crippen molar-refractivity contribution in [1.82, 2.24) is 5.32 Å². The summed E-state index contributed by atoms with van der Waals surface area (Å²) >= 11 is 0. The van der Waals surface area contributed by atoms with Crippen LogP contribution in [-0.4, -0.2) is 36.3 Å². The lowest BCUT2D eigenvalue weighted by molar-refractivity contribution is -0.139. The Morgan fingerprint density at radius 3 is 3.00 bits per heavy atom. The van der Waals surface area contributed by atoms with E-state index in [0.29, 0.717) is 18.7 Å².